The molecule has 0 aliphatic heterocycles. The molecule has 3 amide bonds. The number of rotatable bonds is 8. The highest BCUT2D eigenvalue weighted by molar-refractivity contribution is 7.12. The van der Waals surface area contributed by atoms with Crippen LogP contribution >= 0.6 is 11.3 Å². The molecule has 182 valence electrons. The molecule has 7 nitrogen and oxygen atoms in total. The van der Waals surface area contributed by atoms with Crippen molar-refractivity contribution < 1.29 is 18.8 Å². The van der Waals surface area contributed by atoms with Gasteiger partial charge in [-0.05, 0) is 54.6 Å². The van der Waals surface area contributed by atoms with Gasteiger partial charge < -0.3 is 10.6 Å². The number of benzene rings is 1. The monoisotopic (exact) mass is 494 g/mol. The van der Waals surface area contributed by atoms with Gasteiger partial charge >= 0.3 is 0 Å². The molecule has 9 heteroatoms. The Kier molecular flexibility index (Phi) is 8.20. The zero-order chi connectivity index (χ0) is 24.6. The van der Waals surface area contributed by atoms with Crippen molar-refractivity contribution in [2.75, 3.05) is 11.4 Å². The Morgan fingerprint density at radius 3 is 2.49 bits per heavy atom. The number of thiophene rings is 1. The Hall–Kier alpha value is -3.59. The van der Waals surface area contributed by atoms with Gasteiger partial charge in [0.05, 0.1) is 11.4 Å². The van der Waals surface area contributed by atoms with Crippen LogP contribution in [0.2, 0.25) is 0 Å². The van der Waals surface area contributed by atoms with Gasteiger partial charge in [0.1, 0.15) is 11.9 Å². The van der Waals surface area contributed by atoms with E-state index < -0.39 is 17.8 Å². The van der Waals surface area contributed by atoms with Gasteiger partial charge in [-0.1, -0.05) is 31.4 Å². The number of halogens is 1. The number of aromatic nitrogens is 1. The third kappa shape index (κ3) is 6.30. The number of nitrogens with one attached hydrogen (secondary N) is 2. The molecule has 2 N–H and O–H groups in total. The molecule has 0 bridgehead atoms. The van der Waals surface area contributed by atoms with Crippen LogP contribution in [0.5, 0.6) is 0 Å². The summed E-state index contributed by atoms with van der Waals surface area (Å²) in [6, 6.07) is 11.2. The minimum atomic E-state index is -1.04. The fourth-order valence-electron chi connectivity index (χ4n) is 4.26. The molecule has 0 unspecified atom stereocenters. The average Bonchev–Trinajstić information content (AvgIpc) is 3.43. The lowest BCUT2D eigenvalue weighted by atomic mass is 9.94. The van der Waals surface area contributed by atoms with Crippen LogP contribution in [0.3, 0.4) is 0 Å². The molecule has 1 fully saturated rings. The van der Waals surface area contributed by atoms with E-state index in [1.807, 2.05) is 0 Å². The number of hydrogen-bond donors (Lipinski definition) is 2. The molecular formula is C26H27FN4O3S. The molecule has 0 saturated heterocycles. The number of amides is 3. The molecule has 0 spiro atoms. The van der Waals surface area contributed by atoms with E-state index in [2.05, 4.69) is 15.6 Å². The van der Waals surface area contributed by atoms with Gasteiger partial charge in [0.25, 0.3) is 5.91 Å². The zero-order valence-corrected chi connectivity index (χ0v) is 20.0. The molecule has 1 aromatic carbocycles. The molecule has 1 aliphatic carbocycles. The van der Waals surface area contributed by atoms with Crippen molar-refractivity contribution in [1.29, 1.82) is 0 Å². The van der Waals surface area contributed by atoms with Crippen LogP contribution in [0, 0.1) is 5.82 Å². The molecule has 1 atom stereocenters. The topological polar surface area (TPSA) is 91.4 Å². The summed E-state index contributed by atoms with van der Waals surface area (Å²) in [5.41, 5.74) is 0.859. The molecule has 1 aliphatic rings. The van der Waals surface area contributed by atoms with Crippen molar-refractivity contribution >= 4 is 34.7 Å². The first-order valence-electron chi connectivity index (χ1n) is 11.6. The minimum Gasteiger partial charge on any atom is -0.351 e. The first-order valence-corrected chi connectivity index (χ1v) is 12.5. The van der Waals surface area contributed by atoms with Gasteiger partial charge in [0, 0.05) is 29.7 Å². The van der Waals surface area contributed by atoms with Gasteiger partial charge in [-0.15, -0.1) is 11.3 Å². The van der Waals surface area contributed by atoms with Crippen molar-refractivity contribution in [2.24, 2.45) is 0 Å². The summed E-state index contributed by atoms with van der Waals surface area (Å²) in [6.07, 6.45) is 8.11. The number of carbonyl (C=O) groups excluding carboxylic acids is 3. The Morgan fingerprint density at radius 1 is 1.06 bits per heavy atom. The lowest BCUT2D eigenvalue weighted by molar-refractivity contribution is -0.127. The highest BCUT2D eigenvalue weighted by Crippen LogP contribution is 2.29. The maximum Gasteiger partial charge on any atom is 0.261 e. The predicted octanol–water partition coefficient (Wildman–Crippen LogP) is 4.24. The van der Waals surface area contributed by atoms with Crippen LogP contribution in [-0.4, -0.2) is 35.3 Å². The third-order valence-electron chi connectivity index (χ3n) is 5.98. The van der Waals surface area contributed by atoms with E-state index >= 15 is 0 Å². The smallest absolute Gasteiger partial charge is 0.261 e. The second kappa shape index (κ2) is 11.7. The Labute approximate surface area is 207 Å². The number of nitrogens with zero attached hydrogens (tertiary/aromatic N) is 2. The molecule has 2 aromatic heterocycles. The zero-order valence-electron chi connectivity index (χ0n) is 19.2. The van der Waals surface area contributed by atoms with E-state index in [0.717, 1.165) is 32.1 Å². The van der Waals surface area contributed by atoms with Crippen molar-refractivity contribution in [3.63, 3.8) is 0 Å². The molecule has 3 aromatic rings. The van der Waals surface area contributed by atoms with Crippen LogP contribution in [-0.2, 0) is 9.59 Å². The summed E-state index contributed by atoms with van der Waals surface area (Å²) >= 11 is 1.27. The van der Waals surface area contributed by atoms with Crippen LogP contribution in [0.1, 0.15) is 53.4 Å². The Morgan fingerprint density at radius 2 is 1.83 bits per heavy atom. The summed E-state index contributed by atoms with van der Waals surface area (Å²) in [6.45, 7) is -0.332. The molecule has 35 heavy (non-hydrogen) atoms. The van der Waals surface area contributed by atoms with Gasteiger partial charge in [-0.2, -0.15) is 0 Å². The van der Waals surface area contributed by atoms with Gasteiger partial charge in [0.15, 0.2) is 0 Å². The lowest BCUT2D eigenvalue weighted by Crippen LogP contribution is -2.49. The molecule has 4 rings (SSSR count). The first kappa shape index (κ1) is 24.5. The Balaban J connectivity index is 1.65. The predicted molar refractivity (Wildman–Crippen MR) is 133 cm³/mol. The maximum absolute atomic E-state index is 13.7. The standard InChI is InChI=1S/C26H27FN4O3S/c27-19-10-12-21(13-11-19)31(23(32)17-29-25(33)22-9-5-15-35-22)24(18-6-4-14-28-16-18)26(34)30-20-7-2-1-3-8-20/h4-6,9-16,20,24H,1-3,7-8,17H2,(H,29,33)(H,30,34)/t24-/m1/s1. The van der Waals surface area contributed by atoms with Crippen molar-refractivity contribution in [3.8, 4) is 0 Å². The average molecular weight is 495 g/mol. The molecule has 2 heterocycles. The minimum absolute atomic E-state index is 0.0270. The van der Waals surface area contributed by atoms with E-state index in [0.29, 0.717) is 16.1 Å². The highest BCUT2D eigenvalue weighted by atomic mass is 32.1. The summed E-state index contributed by atoms with van der Waals surface area (Å²) < 4.78 is 13.7. The maximum atomic E-state index is 13.7. The van der Waals surface area contributed by atoms with Crippen molar-refractivity contribution in [2.45, 2.75) is 44.2 Å². The second-order valence-electron chi connectivity index (χ2n) is 8.43. The van der Waals surface area contributed by atoms with Crippen molar-refractivity contribution in [1.82, 2.24) is 15.6 Å². The highest BCUT2D eigenvalue weighted by Gasteiger charge is 2.34. The summed E-state index contributed by atoms with van der Waals surface area (Å²) in [7, 11) is 0. The summed E-state index contributed by atoms with van der Waals surface area (Å²) in [4.78, 5) is 45.5. The first-order chi connectivity index (χ1) is 17.0. The molecule has 1 saturated carbocycles. The van der Waals surface area contributed by atoms with Gasteiger partial charge in [0.2, 0.25) is 11.8 Å². The second-order valence-corrected chi connectivity index (χ2v) is 9.38. The summed E-state index contributed by atoms with van der Waals surface area (Å²) in [5.74, 6) is -1.69. The van der Waals surface area contributed by atoms with Crippen molar-refractivity contribution in [3.05, 3.63) is 82.6 Å². The number of anilines is 1. The largest absolute Gasteiger partial charge is 0.351 e. The Bertz CT molecular complexity index is 1130. The third-order valence-corrected chi connectivity index (χ3v) is 6.85. The van der Waals surface area contributed by atoms with E-state index in [1.54, 1.807) is 42.0 Å². The van der Waals surface area contributed by atoms with E-state index in [1.165, 1.54) is 40.5 Å². The SMILES string of the molecule is O=C(NCC(=O)N(c1ccc(F)cc1)[C@@H](C(=O)NC1CCCCC1)c1cccnc1)c1cccs1. The number of pyridine rings is 1. The lowest BCUT2D eigenvalue weighted by Gasteiger charge is -2.33. The molecular weight excluding hydrogens is 467 g/mol. The van der Waals surface area contributed by atoms with E-state index in [4.69, 9.17) is 0 Å². The quantitative estimate of drug-likeness (QED) is 0.490. The fraction of sp³-hybridized carbons (Fsp3) is 0.308. The normalized spacial score (nSPS) is 14.7. The van der Waals surface area contributed by atoms with Gasteiger partial charge in [-0.25, -0.2) is 4.39 Å². The number of carbonyl (C=O) groups is 3. The fourth-order valence-corrected chi connectivity index (χ4v) is 4.90. The van der Waals surface area contributed by atoms with Crippen LogP contribution in [0.4, 0.5) is 10.1 Å². The number of hydrogen-bond acceptors (Lipinski definition) is 5. The van der Waals surface area contributed by atoms with Crippen LogP contribution in [0.15, 0.2) is 66.3 Å². The van der Waals surface area contributed by atoms with E-state index in [-0.39, 0.29) is 24.4 Å². The van der Waals surface area contributed by atoms with Crippen LogP contribution in [0.25, 0.3) is 0 Å². The summed E-state index contributed by atoms with van der Waals surface area (Å²) in [5, 5.41) is 7.51. The van der Waals surface area contributed by atoms with Crippen LogP contribution < -0.4 is 15.5 Å². The van der Waals surface area contributed by atoms with Gasteiger partial charge in [-0.3, -0.25) is 24.3 Å². The van der Waals surface area contributed by atoms with E-state index in [9.17, 15) is 18.8 Å². The molecule has 0 radical (unpaired) electrons.